The highest BCUT2D eigenvalue weighted by Gasteiger charge is 2.24. The number of nitrogen functional groups attached to an aromatic ring is 1. The molecule has 0 spiro atoms. The van der Waals surface area contributed by atoms with E-state index < -0.39 is 78.6 Å². The van der Waals surface area contributed by atoms with Crippen molar-refractivity contribution in [2.24, 2.45) is 10.2 Å². The molecule has 0 heterocycles. The molecule has 0 unspecified atom stereocenters. The summed E-state index contributed by atoms with van der Waals surface area (Å²) in [6.45, 7) is 0. The van der Waals surface area contributed by atoms with E-state index >= 15 is 0 Å². The fraction of sp³-hybridized carbons (Fsp3) is 0.111. The Morgan fingerprint density at radius 2 is 1.32 bits per heavy atom. The molecule has 0 atom stereocenters. The predicted octanol–water partition coefficient (Wildman–Crippen LogP) is 1.70. The molecule has 3 aromatic rings. The number of nitrogens with zero attached hydrogens (tertiary/aromatic N) is 2. The third kappa shape index (κ3) is 6.57. The number of hydrogen-bond acceptors (Lipinski definition) is 12. The summed E-state index contributed by atoms with van der Waals surface area (Å²) in [6, 6.07) is 6.55. The number of fused-ring (bicyclic) bond motifs is 1. The Morgan fingerprint density at radius 1 is 0.730 bits per heavy atom. The quantitative estimate of drug-likeness (QED) is 0.141. The highest BCUT2D eigenvalue weighted by molar-refractivity contribution is 7.93. The zero-order valence-corrected chi connectivity index (χ0v) is 21.4. The van der Waals surface area contributed by atoms with Gasteiger partial charge < -0.3 is 10.8 Å². The molecule has 0 amide bonds. The van der Waals surface area contributed by atoms with E-state index in [2.05, 4.69) is 10.2 Å². The molecule has 6 N–H and O–H groups in total. The van der Waals surface area contributed by atoms with Crippen LogP contribution in [0.15, 0.2) is 67.4 Å². The van der Waals surface area contributed by atoms with Crippen LogP contribution in [-0.4, -0.2) is 63.9 Å². The highest BCUT2D eigenvalue weighted by atomic mass is 32.2. The van der Waals surface area contributed by atoms with Gasteiger partial charge in [-0.15, -0.1) is 5.11 Å². The third-order valence-corrected chi connectivity index (χ3v) is 9.22. The van der Waals surface area contributed by atoms with Crippen LogP contribution in [0.2, 0.25) is 0 Å². The number of hydrogen-bond donors (Lipinski definition) is 5. The van der Waals surface area contributed by atoms with Crippen LogP contribution in [0, 0.1) is 0 Å². The van der Waals surface area contributed by atoms with E-state index in [1.807, 2.05) is 0 Å². The molecule has 0 aliphatic carbocycles. The van der Waals surface area contributed by atoms with Gasteiger partial charge in [-0.1, -0.05) is 0 Å². The van der Waals surface area contributed by atoms with Crippen molar-refractivity contribution < 1.29 is 52.4 Å². The Kier molecular flexibility index (Phi) is 7.36. The van der Waals surface area contributed by atoms with E-state index in [4.69, 9.17) is 10.3 Å². The van der Waals surface area contributed by atoms with Gasteiger partial charge in [-0.05, 0) is 41.8 Å². The number of nitrogens with two attached hydrogens (primary N) is 1. The number of benzene rings is 3. The van der Waals surface area contributed by atoms with Gasteiger partial charge >= 0.3 is 0 Å². The lowest BCUT2D eigenvalue weighted by atomic mass is 10.1. The third-order valence-electron chi connectivity index (χ3n) is 4.81. The first-order valence-corrected chi connectivity index (χ1v) is 15.7. The van der Waals surface area contributed by atoms with E-state index in [0.29, 0.717) is 6.07 Å². The Bertz CT molecular complexity index is 1870. The summed E-state index contributed by atoms with van der Waals surface area (Å²) in [7, 11) is -18.4. The second-order valence-corrected chi connectivity index (χ2v) is 13.9. The number of azo groups is 1. The van der Waals surface area contributed by atoms with Crippen molar-refractivity contribution in [3.8, 4) is 5.75 Å². The van der Waals surface area contributed by atoms with Gasteiger partial charge in [0.1, 0.15) is 16.3 Å². The van der Waals surface area contributed by atoms with Crippen molar-refractivity contribution in [3.05, 3.63) is 42.5 Å². The number of phenols is 1. The molecule has 0 bridgehead atoms. The molecule has 19 heteroatoms. The monoisotopic (exact) mass is 595 g/mol. The summed E-state index contributed by atoms with van der Waals surface area (Å²) in [5, 5.41) is 17.1. The summed E-state index contributed by atoms with van der Waals surface area (Å²) >= 11 is 0. The summed E-state index contributed by atoms with van der Waals surface area (Å²) < 4.78 is 120. The van der Waals surface area contributed by atoms with Crippen molar-refractivity contribution >= 4 is 68.0 Å². The SMILES string of the molecule is Nc1c(N=Nc2ccc(S(=O)(=O)CCS(=O)(=O)O)cc2)c(S(=O)(=O)O)cc2cc(S(=O)(=O)O)cc(O)c12. The van der Waals surface area contributed by atoms with Crippen LogP contribution >= 0.6 is 0 Å². The molecule has 0 aliphatic heterocycles. The van der Waals surface area contributed by atoms with E-state index in [0.717, 1.165) is 36.4 Å². The van der Waals surface area contributed by atoms with Crippen LogP contribution in [0.3, 0.4) is 0 Å². The Morgan fingerprint density at radius 3 is 1.84 bits per heavy atom. The normalized spacial score (nSPS) is 13.4. The fourth-order valence-corrected chi connectivity index (χ4v) is 6.81. The summed E-state index contributed by atoms with van der Waals surface area (Å²) in [5.74, 6) is -2.67. The number of anilines is 1. The first-order valence-electron chi connectivity index (χ1n) is 9.53. The predicted molar refractivity (Wildman–Crippen MR) is 129 cm³/mol. The number of sulfone groups is 1. The smallest absolute Gasteiger partial charge is 0.296 e. The van der Waals surface area contributed by atoms with Crippen LogP contribution in [0.5, 0.6) is 5.75 Å². The van der Waals surface area contributed by atoms with Crippen LogP contribution in [0.25, 0.3) is 10.8 Å². The Balaban J connectivity index is 2.09. The molecule has 200 valence electrons. The Hall–Kier alpha value is -3.20. The molecule has 0 aromatic heterocycles. The van der Waals surface area contributed by atoms with E-state index in [9.17, 15) is 47.9 Å². The fourth-order valence-electron chi connectivity index (χ4n) is 3.10. The first kappa shape index (κ1) is 28.4. The average Bonchev–Trinajstić information content (AvgIpc) is 2.75. The van der Waals surface area contributed by atoms with Crippen molar-refractivity contribution in [1.29, 1.82) is 0 Å². The molecule has 0 radical (unpaired) electrons. The zero-order chi connectivity index (χ0) is 28.0. The molecule has 0 aliphatic rings. The van der Waals surface area contributed by atoms with Crippen LogP contribution in [-0.2, 0) is 40.2 Å². The molecule has 0 saturated heterocycles. The summed E-state index contributed by atoms with van der Waals surface area (Å²) in [4.78, 5) is -2.00. The van der Waals surface area contributed by atoms with Crippen LogP contribution in [0.1, 0.15) is 0 Å². The number of rotatable bonds is 8. The lowest BCUT2D eigenvalue weighted by Gasteiger charge is -2.12. The van der Waals surface area contributed by atoms with Gasteiger partial charge in [0, 0.05) is 11.5 Å². The van der Waals surface area contributed by atoms with Gasteiger partial charge in [0.05, 0.1) is 32.7 Å². The molecular formula is C18H17N3O12S4. The zero-order valence-electron chi connectivity index (χ0n) is 18.1. The van der Waals surface area contributed by atoms with E-state index in [1.165, 1.54) is 0 Å². The molecular weight excluding hydrogens is 578 g/mol. The first-order chi connectivity index (χ1) is 16.8. The van der Waals surface area contributed by atoms with Crippen molar-refractivity contribution in [1.82, 2.24) is 0 Å². The topological polar surface area (TPSA) is 268 Å². The summed E-state index contributed by atoms with van der Waals surface area (Å²) in [5.41, 5.74) is 4.73. The van der Waals surface area contributed by atoms with Gasteiger partial charge in [-0.2, -0.15) is 30.4 Å². The van der Waals surface area contributed by atoms with Crippen molar-refractivity contribution in [2.75, 3.05) is 17.2 Å². The second-order valence-electron chi connectivity index (χ2n) is 7.43. The largest absolute Gasteiger partial charge is 0.507 e. The van der Waals surface area contributed by atoms with Gasteiger partial charge in [0.2, 0.25) is 0 Å². The minimum absolute atomic E-state index is 0.0412. The van der Waals surface area contributed by atoms with Gasteiger partial charge in [-0.25, -0.2) is 8.42 Å². The minimum Gasteiger partial charge on any atom is -0.507 e. The lowest BCUT2D eigenvalue weighted by Crippen LogP contribution is -2.16. The van der Waals surface area contributed by atoms with E-state index in [1.54, 1.807) is 0 Å². The standard InChI is InChI=1S/C18H17N3O12S4/c19-17-16-10(7-13(9-14(16)22)36(28,29)30)8-15(37(31,32)33)18(17)21-20-11-1-3-12(4-2-11)34(23,24)5-6-35(25,26)27/h1-4,7-9,22H,5-6,19H2,(H,25,26,27)(H,28,29,30)(H,31,32,33). The molecule has 3 aromatic carbocycles. The van der Waals surface area contributed by atoms with Crippen LogP contribution in [0.4, 0.5) is 17.1 Å². The maximum Gasteiger partial charge on any atom is 0.296 e. The molecule has 15 nitrogen and oxygen atoms in total. The lowest BCUT2D eigenvalue weighted by molar-refractivity contribution is 0.471. The maximum atomic E-state index is 12.2. The summed E-state index contributed by atoms with van der Waals surface area (Å²) in [6.07, 6.45) is 0. The average molecular weight is 596 g/mol. The van der Waals surface area contributed by atoms with Crippen molar-refractivity contribution in [3.63, 3.8) is 0 Å². The highest BCUT2D eigenvalue weighted by Crippen LogP contribution is 2.43. The molecule has 3 rings (SSSR count). The second kappa shape index (κ2) is 9.59. The van der Waals surface area contributed by atoms with Gasteiger partial charge in [0.15, 0.2) is 9.84 Å². The van der Waals surface area contributed by atoms with Crippen molar-refractivity contribution in [2.45, 2.75) is 14.7 Å². The molecule has 0 fully saturated rings. The maximum absolute atomic E-state index is 12.2. The van der Waals surface area contributed by atoms with Crippen LogP contribution < -0.4 is 5.73 Å². The number of phenolic OH excluding ortho intramolecular Hbond substituents is 1. The molecule has 37 heavy (non-hydrogen) atoms. The molecule has 0 saturated carbocycles. The Labute approximate surface area is 210 Å². The number of aromatic hydroxyl groups is 1. The van der Waals surface area contributed by atoms with Gasteiger partial charge in [-0.3, -0.25) is 13.7 Å². The van der Waals surface area contributed by atoms with E-state index in [-0.39, 0.29) is 21.4 Å². The minimum atomic E-state index is -5.03. The van der Waals surface area contributed by atoms with Gasteiger partial charge in [0.25, 0.3) is 30.4 Å².